The SMILES string of the molecule is COc1ccccc1C1CNCCN1S(=O)(=O)N1CCc2ccccc2C1.Cl. The molecule has 2 aliphatic rings. The Morgan fingerprint density at radius 1 is 1.04 bits per heavy atom. The number of hydrogen-bond donors (Lipinski definition) is 1. The van der Waals surface area contributed by atoms with E-state index in [1.54, 1.807) is 15.7 Å². The summed E-state index contributed by atoms with van der Waals surface area (Å²) in [5.74, 6) is 0.718. The Morgan fingerprint density at radius 2 is 1.75 bits per heavy atom. The van der Waals surface area contributed by atoms with Gasteiger partial charge in [0.05, 0.1) is 13.2 Å². The fourth-order valence-corrected chi connectivity index (χ4v) is 5.74. The highest BCUT2D eigenvalue weighted by atomic mass is 35.5. The van der Waals surface area contributed by atoms with Gasteiger partial charge in [-0.2, -0.15) is 17.0 Å². The Morgan fingerprint density at radius 3 is 2.54 bits per heavy atom. The Hall–Kier alpha value is -1.64. The van der Waals surface area contributed by atoms with Crippen LogP contribution in [0.3, 0.4) is 0 Å². The van der Waals surface area contributed by atoms with Gasteiger partial charge in [-0.1, -0.05) is 42.5 Å². The first kappa shape index (κ1) is 21.1. The number of nitrogens with one attached hydrogen (secondary N) is 1. The van der Waals surface area contributed by atoms with E-state index in [9.17, 15) is 8.42 Å². The van der Waals surface area contributed by atoms with Crippen LogP contribution in [-0.4, -0.2) is 50.3 Å². The Labute approximate surface area is 173 Å². The van der Waals surface area contributed by atoms with E-state index >= 15 is 0 Å². The molecule has 1 N–H and O–H groups in total. The van der Waals surface area contributed by atoms with Crippen molar-refractivity contribution in [2.45, 2.75) is 19.0 Å². The Kier molecular flexibility index (Phi) is 6.62. The molecule has 4 rings (SSSR count). The fraction of sp³-hybridized carbons (Fsp3) is 0.400. The van der Waals surface area contributed by atoms with Gasteiger partial charge < -0.3 is 10.1 Å². The number of para-hydroxylation sites is 1. The van der Waals surface area contributed by atoms with Crippen LogP contribution in [0.25, 0.3) is 0 Å². The van der Waals surface area contributed by atoms with Crippen molar-refractivity contribution in [3.05, 3.63) is 65.2 Å². The van der Waals surface area contributed by atoms with Crippen molar-refractivity contribution in [2.24, 2.45) is 0 Å². The quantitative estimate of drug-likeness (QED) is 0.820. The summed E-state index contributed by atoms with van der Waals surface area (Å²) in [5.41, 5.74) is 3.23. The number of methoxy groups -OCH3 is 1. The maximum Gasteiger partial charge on any atom is 0.282 e. The first-order valence-electron chi connectivity index (χ1n) is 9.28. The van der Waals surface area contributed by atoms with Gasteiger partial charge in [-0.15, -0.1) is 12.4 Å². The summed E-state index contributed by atoms with van der Waals surface area (Å²) in [4.78, 5) is 0. The second-order valence-electron chi connectivity index (χ2n) is 6.93. The summed E-state index contributed by atoms with van der Waals surface area (Å²) in [7, 11) is -1.96. The van der Waals surface area contributed by atoms with Crippen LogP contribution in [0.2, 0.25) is 0 Å². The lowest BCUT2D eigenvalue weighted by Crippen LogP contribution is -2.54. The van der Waals surface area contributed by atoms with E-state index in [1.165, 1.54) is 5.56 Å². The molecule has 28 heavy (non-hydrogen) atoms. The third-order valence-corrected chi connectivity index (χ3v) is 7.40. The summed E-state index contributed by atoms with van der Waals surface area (Å²) in [6.45, 7) is 2.62. The van der Waals surface area contributed by atoms with E-state index in [4.69, 9.17) is 4.74 Å². The smallest absolute Gasteiger partial charge is 0.282 e. The molecule has 0 saturated carbocycles. The maximum absolute atomic E-state index is 13.5. The highest BCUT2D eigenvalue weighted by molar-refractivity contribution is 7.86. The summed E-state index contributed by atoms with van der Waals surface area (Å²) < 4.78 is 35.8. The average molecular weight is 424 g/mol. The summed E-state index contributed by atoms with van der Waals surface area (Å²) in [5, 5.41) is 3.33. The van der Waals surface area contributed by atoms with E-state index in [0.29, 0.717) is 32.7 Å². The number of ether oxygens (including phenoxy) is 1. The molecule has 1 saturated heterocycles. The third kappa shape index (κ3) is 3.90. The maximum atomic E-state index is 13.5. The van der Waals surface area contributed by atoms with Gasteiger partial charge in [0, 0.05) is 38.3 Å². The molecule has 0 aromatic heterocycles. The molecule has 8 heteroatoms. The van der Waals surface area contributed by atoms with Crippen LogP contribution >= 0.6 is 12.4 Å². The van der Waals surface area contributed by atoms with Gasteiger partial charge in [-0.05, 0) is 23.6 Å². The minimum atomic E-state index is -3.58. The number of piperazine rings is 1. The van der Waals surface area contributed by atoms with Gasteiger partial charge in [-0.25, -0.2) is 0 Å². The molecular formula is C20H26ClN3O3S. The van der Waals surface area contributed by atoms with Gasteiger partial charge in [0.25, 0.3) is 10.2 Å². The molecule has 0 bridgehead atoms. The van der Waals surface area contributed by atoms with Gasteiger partial charge in [-0.3, -0.25) is 0 Å². The minimum absolute atomic E-state index is 0. The van der Waals surface area contributed by atoms with Crippen LogP contribution in [-0.2, 0) is 23.2 Å². The number of hydrogen-bond acceptors (Lipinski definition) is 4. The van der Waals surface area contributed by atoms with Gasteiger partial charge in [0.1, 0.15) is 5.75 Å². The van der Waals surface area contributed by atoms with Crippen LogP contribution in [0.15, 0.2) is 48.5 Å². The molecule has 2 aliphatic heterocycles. The summed E-state index contributed by atoms with van der Waals surface area (Å²) in [6.07, 6.45) is 0.751. The highest BCUT2D eigenvalue weighted by Crippen LogP contribution is 2.34. The second kappa shape index (κ2) is 8.80. The molecule has 0 aliphatic carbocycles. The van der Waals surface area contributed by atoms with E-state index in [-0.39, 0.29) is 18.4 Å². The molecule has 0 spiro atoms. The van der Waals surface area contributed by atoms with Crippen LogP contribution in [0.4, 0.5) is 0 Å². The Bertz CT molecular complexity index is 922. The van der Waals surface area contributed by atoms with Crippen LogP contribution in [0, 0.1) is 0 Å². The van der Waals surface area contributed by atoms with Crippen molar-refractivity contribution >= 4 is 22.6 Å². The van der Waals surface area contributed by atoms with Crippen molar-refractivity contribution in [1.29, 1.82) is 0 Å². The largest absolute Gasteiger partial charge is 0.496 e. The molecule has 152 valence electrons. The first-order chi connectivity index (χ1) is 13.1. The fourth-order valence-electron chi connectivity index (χ4n) is 3.98. The molecule has 2 aromatic rings. The molecule has 2 aromatic carbocycles. The van der Waals surface area contributed by atoms with Crippen molar-refractivity contribution in [1.82, 2.24) is 13.9 Å². The standard InChI is InChI=1S/C20H25N3O3S.ClH/c1-26-20-9-5-4-8-18(20)19-14-21-11-13-23(19)27(24,25)22-12-10-16-6-2-3-7-17(16)15-22;/h2-9,19,21H,10-15H2,1H3;1H. The van der Waals surface area contributed by atoms with E-state index < -0.39 is 10.2 Å². The van der Waals surface area contributed by atoms with E-state index in [1.807, 2.05) is 42.5 Å². The predicted octanol–water partition coefficient (Wildman–Crippen LogP) is 2.37. The zero-order valence-electron chi connectivity index (χ0n) is 15.9. The molecular weight excluding hydrogens is 398 g/mol. The lowest BCUT2D eigenvalue weighted by molar-refractivity contribution is 0.238. The molecule has 1 unspecified atom stereocenters. The highest BCUT2D eigenvalue weighted by Gasteiger charge is 2.39. The third-order valence-electron chi connectivity index (χ3n) is 5.41. The lowest BCUT2D eigenvalue weighted by Gasteiger charge is -2.40. The van der Waals surface area contributed by atoms with Gasteiger partial charge in [0.2, 0.25) is 0 Å². The predicted molar refractivity (Wildman–Crippen MR) is 112 cm³/mol. The number of nitrogens with zero attached hydrogens (tertiary/aromatic N) is 2. The zero-order valence-corrected chi connectivity index (χ0v) is 17.5. The summed E-state index contributed by atoms with van der Waals surface area (Å²) in [6, 6.07) is 15.5. The first-order valence-corrected chi connectivity index (χ1v) is 10.7. The van der Waals surface area contributed by atoms with Crippen molar-refractivity contribution in [3.63, 3.8) is 0 Å². The molecule has 0 amide bonds. The zero-order chi connectivity index (χ0) is 18.9. The van der Waals surface area contributed by atoms with Crippen LogP contribution < -0.4 is 10.1 Å². The molecule has 2 heterocycles. The Balaban J connectivity index is 0.00000225. The van der Waals surface area contributed by atoms with Crippen LogP contribution in [0.1, 0.15) is 22.7 Å². The molecule has 0 radical (unpaired) electrons. The van der Waals surface area contributed by atoms with Crippen LogP contribution in [0.5, 0.6) is 5.75 Å². The normalized spacial score (nSPS) is 20.8. The van der Waals surface area contributed by atoms with Crippen molar-refractivity contribution in [3.8, 4) is 5.75 Å². The number of rotatable bonds is 4. The topological polar surface area (TPSA) is 61.9 Å². The van der Waals surface area contributed by atoms with Crippen molar-refractivity contribution in [2.75, 3.05) is 33.3 Å². The number of fused-ring (bicyclic) bond motifs is 1. The summed E-state index contributed by atoms with van der Waals surface area (Å²) >= 11 is 0. The minimum Gasteiger partial charge on any atom is -0.496 e. The average Bonchev–Trinajstić information content (AvgIpc) is 2.73. The second-order valence-corrected chi connectivity index (χ2v) is 8.81. The molecule has 6 nitrogen and oxygen atoms in total. The molecule has 1 fully saturated rings. The van der Waals surface area contributed by atoms with E-state index in [2.05, 4.69) is 11.4 Å². The lowest BCUT2D eigenvalue weighted by atomic mass is 10.0. The van der Waals surface area contributed by atoms with Gasteiger partial charge >= 0.3 is 0 Å². The monoisotopic (exact) mass is 423 g/mol. The van der Waals surface area contributed by atoms with Crippen molar-refractivity contribution < 1.29 is 13.2 Å². The van der Waals surface area contributed by atoms with Gasteiger partial charge in [0.15, 0.2) is 0 Å². The van der Waals surface area contributed by atoms with E-state index in [0.717, 1.165) is 23.3 Å². The molecule has 1 atom stereocenters. The number of halogens is 1. The number of benzene rings is 2.